The molecule has 1 N–H and O–H groups in total. The minimum Gasteiger partial charge on any atom is -0.480 e. The van der Waals surface area contributed by atoms with E-state index in [1.807, 2.05) is 28.8 Å². The number of carbonyl (C=O) groups is 1. The zero-order valence-electron chi connectivity index (χ0n) is 9.24. The van der Waals surface area contributed by atoms with Crippen molar-refractivity contribution in [2.45, 2.75) is 17.9 Å². The van der Waals surface area contributed by atoms with Crippen LogP contribution in [-0.2, 0) is 21.3 Å². The summed E-state index contributed by atoms with van der Waals surface area (Å²) >= 11 is 0. The summed E-state index contributed by atoms with van der Waals surface area (Å²) in [6.07, 6.45) is 3.61. The van der Waals surface area contributed by atoms with Crippen LogP contribution in [0.1, 0.15) is 12.6 Å². The minimum absolute atomic E-state index is 0.162. The Bertz CT molecular complexity index is 546. The highest BCUT2D eigenvalue weighted by atomic mass is 32.2. The lowest BCUT2D eigenvalue weighted by atomic mass is 10.5. The lowest BCUT2D eigenvalue weighted by Crippen LogP contribution is -2.22. The molecule has 17 heavy (non-hydrogen) atoms. The molecule has 0 fully saturated rings. The van der Waals surface area contributed by atoms with Crippen molar-refractivity contribution in [1.82, 2.24) is 9.38 Å². The highest BCUT2D eigenvalue weighted by Gasteiger charge is 2.19. The molecule has 0 radical (unpaired) electrons. The van der Waals surface area contributed by atoms with Crippen molar-refractivity contribution in [3.63, 3.8) is 0 Å². The van der Waals surface area contributed by atoms with Crippen molar-refractivity contribution < 1.29 is 14.1 Å². The summed E-state index contributed by atoms with van der Waals surface area (Å²) in [5.41, 5.74) is 1.41. The molecule has 0 aromatic carbocycles. The molecule has 0 saturated heterocycles. The Kier molecular flexibility index (Phi) is 3.23. The molecule has 2 rings (SSSR count). The summed E-state index contributed by atoms with van der Waals surface area (Å²) in [7, 11) is -1.45. The maximum atomic E-state index is 11.7. The molecule has 2 aromatic rings. The van der Waals surface area contributed by atoms with Gasteiger partial charge in [0.05, 0.1) is 11.4 Å². The first-order valence-corrected chi connectivity index (χ1v) is 6.49. The minimum atomic E-state index is -1.45. The van der Waals surface area contributed by atoms with Gasteiger partial charge in [-0.1, -0.05) is 6.07 Å². The molecule has 5 nitrogen and oxygen atoms in total. The summed E-state index contributed by atoms with van der Waals surface area (Å²) in [4.78, 5) is 15.0. The predicted octanol–water partition coefficient (Wildman–Crippen LogP) is 1.06. The van der Waals surface area contributed by atoms with Gasteiger partial charge >= 0.3 is 5.97 Å². The van der Waals surface area contributed by atoms with E-state index >= 15 is 0 Å². The van der Waals surface area contributed by atoms with Gasteiger partial charge in [0.2, 0.25) is 0 Å². The molecule has 2 atom stereocenters. The second kappa shape index (κ2) is 4.67. The molecule has 2 unspecified atom stereocenters. The molecule has 2 aromatic heterocycles. The maximum absolute atomic E-state index is 11.7. The zero-order chi connectivity index (χ0) is 12.4. The number of rotatable bonds is 4. The van der Waals surface area contributed by atoms with Crippen LogP contribution in [0.2, 0.25) is 0 Å². The predicted molar refractivity (Wildman–Crippen MR) is 64.1 cm³/mol. The highest BCUT2D eigenvalue weighted by molar-refractivity contribution is 7.85. The van der Waals surface area contributed by atoms with E-state index in [0.29, 0.717) is 5.69 Å². The van der Waals surface area contributed by atoms with Crippen LogP contribution in [0.25, 0.3) is 5.65 Å². The number of carboxylic acid groups (broad SMARTS) is 1. The van der Waals surface area contributed by atoms with Crippen LogP contribution in [-0.4, -0.2) is 29.9 Å². The molecule has 2 heterocycles. The normalized spacial score (nSPS) is 14.6. The largest absolute Gasteiger partial charge is 0.480 e. The van der Waals surface area contributed by atoms with Gasteiger partial charge in [-0.2, -0.15) is 0 Å². The molecule has 0 bridgehead atoms. The quantitative estimate of drug-likeness (QED) is 0.883. The molecular weight excluding hydrogens is 240 g/mol. The Balaban J connectivity index is 2.19. The van der Waals surface area contributed by atoms with E-state index in [1.165, 1.54) is 6.92 Å². The Morgan fingerprint density at radius 2 is 2.35 bits per heavy atom. The van der Waals surface area contributed by atoms with Crippen LogP contribution in [0.4, 0.5) is 0 Å². The molecule has 0 amide bonds. The van der Waals surface area contributed by atoms with Crippen LogP contribution in [0.5, 0.6) is 0 Å². The number of fused-ring (bicyclic) bond motifs is 1. The first-order chi connectivity index (χ1) is 8.08. The fraction of sp³-hybridized carbons (Fsp3) is 0.273. The third kappa shape index (κ3) is 2.52. The van der Waals surface area contributed by atoms with Crippen molar-refractivity contribution in [2.75, 3.05) is 0 Å². The third-order valence-corrected chi connectivity index (χ3v) is 4.02. The van der Waals surface area contributed by atoms with Crippen LogP contribution < -0.4 is 0 Å². The summed E-state index contributed by atoms with van der Waals surface area (Å²) in [6.45, 7) is 1.44. The SMILES string of the molecule is CC(C(=O)O)S(=O)Cc1cn2ccccc2n1. The van der Waals surface area contributed by atoms with Gasteiger partial charge < -0.3 is 9.51 Å². The van der Waals surface area contributed by atoms with Crippen molar-refractivity contribution >= 4 is 22.4 Å². The lowest BCUT2D eigenvalue weighted by molar-refractivity contribution is -0.136. The number of aromatic nitrogens is 2. The number of carboxylic acids is 1. The fourth-order valence-corrected chi connectivity index (χ4v) is 2.35. The van der Waals surface area contributed by atoms with Gasteiger partial charge in [0.1, 0.15) is 10.9 Å². The Morgan fingerprint density at radius 1 is 1.59 bits per heavy atom. The molecular formula is C11H12N2O3S. The number of hydrogen-bond donors (Lipinski definition) is 1. The van der Waals surface area contributed by atoms with Crippen molar-refractivity contribution in [3.8, 4) is 0 Å². The molecule has 0 aliphatic heterocycles. The maximum Gasteiger partial charge on any atom is 0.318 e. The topological polar surface area (TPSA) is 71.7 Å². The first kappa shape index (κ1) is 11.8. The summed E-state index contributed by atoms with van der Waals surface area (Å²) in [6, 6.07) is 5.57. The van der Waals surface area contributed by atoms with E-state index in [1.54, 1.807) is 6.20 Å². The van der Waals surface area contributed by atoms with E-state index in [2.05, 4.69) is 4.98 Å². The van der Waals surface area contributed by atoms with Crippen LogP contribution in [0, 0.1) is 0 Å². The monoisotopic (exact) mass is 252 g/mol. The third-order valence-electron chi connectivity index (χ3n) is 2.45. The van der Waals surface area contributed by atoms with Gasteiger partial charge in [-0.15, -0.1) is 0 Å². The number of nitrogens with zero attached hydrogens (tertiary/aromatic N) is 2. The second-order valence-electron chi connectivity index (χ2n) is 3.70. The van der Waals surface area contributed by atoms with Crippen LogP contribution >= 0.6 is 0 Å². The Labute approximate surface area is 101 Å². The van der Waals surface area contributed by atoms with Crippen molar-refractivity contribution in [2.24, 2.45) is 0 Å². The first-order valence-electron chi connectivity index (χ1n) is 5.10. The molecule has 0 saturated carbocycles. The molecule has 0 spiro atoms. The summed E-state index contributed by atoms with van der Waals surface area (Å²) < 4.78 is 13.5. The van der Waals surface area contributed by atoms with Gasteiger partial charge in [0.25, 0.3) is 0 Å². The Hall–Kier alpha value is -1.69. The van der Waals surface area contributed by atoms with E-state index < -0.39 is 22.0 Å². The average Bonchev–Trinajstić information content (AvgIpc) is 2.69. The number of pyridine rings is 1. The second-order valence-corrected chi connectivity index (χ2v) is 5.46. The number of aliphatic carboxylic acids is 1. The van der Waals surface area contributed by atoms with Gasteiger partial charge in [-0.05, 0) is 19.1 Å². The number of hydrogen-bond acceptors (Lipinski definition) is 3. The van der Waals surface area contributed by atoms with Crippen molar-refractivity contribution in [1.29, 1.82) is 0 Å². The Morgan fingerprint density at radius 3 is 3.00 bits per heavy atom. The summed E-state index contributed by atoms with van der Waals surface area (Å²) in [5, 5.41) is 7.88. The molecule has 0 aliphatic carbocycles. The average molecular weight is 252 g/mol. The lowest BCUT2D eigenvalue weighted by Gasteiger charge is -2.03. The molecule has 0 aliphatic rings. The van der Waals surface area contributed by atoms with Gasteiger partial charge in [-0.25, -0.2) is 4.98 Å². The van der Waals surface area contributed by atoms with E-state index in [4.69, 9.17) is 5.11 Å². The van der Waals surface area contributed by atoms with Crippen molar-refractivity contribution in [3.05, 3.63) is 36.3 Å². The smallest absolute Gasteiger partial charge is 0.318 e. The summed E-state index contributed by atoms with van der Waals surface area (Å²) in [5.74, 6) is -0.887. The fourth-order valence-electron chi connectivity index (χ4n) is 1.44. The van der Waals surface area contributed by atoms with Gasteiger partial charge in [-0.3, -0.25) is 9.00 Å². The number of imidazole rings is 1. The molecule has 6 heteroatoms. The van der Waals surface area contributed by atoms with Crippen LogP contribution in [0.15, 0.2) is 30.6 Å². The standard InChI is InChI=1S/C11H12N2O3S/c1-8(11(14)15)17(16)7-9-6-13-5-3-2-4-10(13)12-9/h2-6,8H,7H2,1H3,(H,14,15). The zero-order valence-corrected chi connectivity index (χ0v) is 10.1. The van der Waals surface area contributed by atoms with Gasteiger partial charge in [0, 0.05) is 23.2 Å². The van der Waals surface area contributed by atoms with Crippen LogP contribution in [0.3, 0.4) is 0 Å². The van der Waals surface area contributed by atoms with E-state index in [-0.39, 0.29) is 5.75 Å². The highest BCUT2D eigenvalue weighted by Crippen LogP contribution is 2.09. The van der Waals surface area contributed by atoms with E-state index in [0.717, 1.165) is 5.65 Å². The van der Waals surface area contributed by atoms with E-state index in [9.17, 15) is 9.00 Å². The van der Waals surface area contributed by atoms with Gasteiger partial charge in [0.15, 0.2) is 0 Å². The molecule has 90 valence electrons.